The Morgan fingerprint density at radius 2 is 1.90 bits per heavy atom. The molecule has 1 aromatic heterocycles. The fourth-order valence-corrected chi connectivity index (χ4v) is 4.52. The number of nitrogens with zero attached hydrogens (tertiary/aromatic N) is 1. The van der Waals surface area contributed by atoms with E-state index >= 15 is 0 Å². The number of fused-ring (bicyclic) bond motifs is 3. The predicted molar refractivity (Wildman–Crippen MR) is 103 cm³/mol. The highest BCUT2D eigenvalue weighted by Gasteiger charge is 2.53. The zero-order valence-corrected chi connectivity index (χ0v) is 16.5. The molecule has 0 unspecified atom stereocenters. The van der Waals surface area contributed by atoms with E-state index in [0.717, 1.165) is 0 Å². The maximum atomic E-state index is 13.2. The van der Waals surface area contributed by atoms with Crippen molar-refractivity contribution in [1.82, 2.24) is 4.57 Å². The molecule has 0 aliphatic carbocycles. The van der Waals surface area contributed by atoms with Gasteiger partial charge in [0.2, 0.25) is 11.4 Å². The molecule has 1 atom stereocenters. The first kappa shape index (κ1) is 19.0. The van der Waals surface area contributed by atoms with Crippen LogP contribution >= 0.6 is 0 Å². The van der Waals surface area contributed by atoms with Crippen molar-refractivity contribution in [3.63, 3.8) is 0 Å². The topological polar surface area (TPSA) is 93.1 Å². The molecule has 1 saturated heterocycles. The Bertz CT molecular complexity index is 1080. The van der Waals surface area contributed by atoms with Crippen LogP contribution in [0.15, 0.2) is 41.2 Å². The highest BCUT2D eigenvalue weighted by Crippen LogP contribution is 2.44. The average molecular weight is 411 g/mol. The molecule has 5 rings (SSSR count). The Morgan fingerprint density at radius 3 is 2.60 bits per heavy atom. The van der Waals surface area contributed by atoms with Gasteiger partial charge in [0.05, 0.1) is 30.0 Å². The van der Waals surface area contributed by atoms with Crippen LogP contribution in [0, 0.1) is 0 Å². The van der Waals surface area contributed by atoms with Crippen molar-refractivity contribution in [3.05, 3.63) is 69.1 Å². The molecule has 1 spiro atoms. The summed E-state index contributed by atoms with van der Waals surface area (Å²) in [7, 11) is 0. The van der Waals surface area contributed by atoms with Gasteiger partial charge in [-0.3, -0.25) is 4.79 Å². The quantitative estimate of drug-likeness (QED) is 0.713. The molecule has 30 heavy (non-hydrogen) atoms. The van der Waals surface area contributed by atoms with E-state index in [0.29, 0.717) is 48.6 Å². The Hall–Kier alpha value is -2.97. The van der Waals surface area contributed by atoms with Crippen LogP contribution in [0.1, 0.15) is 46.9 Å². The van der Waals surface area contributed by atoms with Crippen LogP contribution in [0.3, 0.4) is 0 Å². The number of rotatable bonds is 3. The molecule has 156 valence electrons. The van der Waals surface area contributed by atoms with E-state index in [2.05, 4.69) is 0 Å². The fourth-order valence-electron chi connectivity index (χ4n) is 4.52. The van der Waals surface area contributed by atoms with Crippen LogP contribution in [-0.2, 0) is 48.3 Å². The van der Waals surface area contributed by atoms with Crippen molar-refractivity contribution >= 4 is 11.9 Å². The number of carbonyl (C=O) groups is 2. The van der Waals surface area contributed by atoms with E-state index in [4.69, 9.17) is 18.9 Å². The second kappa shape index (κ2) is 6.78. The number of ether oxygens (including phenoxy) is 4. The molecule has 1 aromatic carbocycles. The predicted octanol–water partition coefficient (Wildman–Crippen LogP) is 1.97. The molecule has 3 aliphatic rings. The van der Waals surface area contributed by atoms with Crippen molar-refractivity contribution in [2.75, 3.05) is 13.2 Å². The smallest absolute Gasteiger partial charge is 0.355 e. The van der Waals surface area contributed by atoms with Crippen LogP contribution < -0.4 is 5.56 Å². The van der Waals surface area contributed by atoms with Crippen molar-refractivity contribution < 1.29 is 28.5 Å². The number of carbonyl (C=O) groups excluding carboxylic acids is 2. The van der Waals surface area contributed by atoms with Gasteiger partial charge in [0.1, 0.15) is 6.61 Å². The van der Waals surface area contributed by atoms with E-state index in [-0.39, 0.29) is 18.6 Å². The highest BCUT2D eigenvalue weighted by molar-refractivity contribution is 5.93. The number of esters is 2. The van der Waals surface area contributed by atoms with Gasteiger partial charge in [-0.1, -0.05) is 25.1 Å². The number of benzene rings is 1. The Morgan fingerprint density at radius 1 is 1.17 bits per heavy atom. The van der Waals surface area contributed by atoms with Crippen molar-refractivity contribution in [2.24, 2.45) is 0 Å². The highest BCUT2D eigenvalue weighted by atomic mass is 16.7. The number of hydrogen-bond donors (Lipinski definition) is 0. The largest absolute Gasteiger partial charge is 0.457 e. The normalized spacial score (nSPS) is 23.7. The monoisotopic (exact) mass is 411 g/mol. The summed E-state index contributed by atoms with van der Waals surface area (Å²) < 4.78 is 24.4. The van der Waals surface area contributed by atoms with Gasteiger partial charge in [-0.05, 0) is 24.6 Å². The Labute approximate surface area is 172 Å². The summed E-state index contributed by atoms with van der Waals surface area (Å²) >= 11 is 0. The first-order valence-electron chi connectivity index (χ1n) is 10.0. The SMILES string of the molecule is CC[C@@]1(OC(=O)c2ccccc2)C(=O)OCc2c1cc1n(c2=O)CCC12OCCO2. The number of cyclic esters (lactones) is 1. The van der Waals surface area contributed by atoms with Crippen molar-refractivity contribution in [1.29, 1.82) is 0 Å². The van der Waals surface area contributed by atoms with Gasteiger partial charge in [-0.25, -0.2) is 9.59 Å². The molecule has 0 bridgehead atoms. The van der Waals surface area contributed by atoms with Crippen LogP contribution in [0.5, 0.6) is 0 Å². The second-order valence-electron chi connectivity index (χ2n) is 7.59. The van der Waals surface area contributed by atoms with Gasteiger partial charge in [0, 0.05) is 18.5 Å². The zero-order valence-electron chi connectivity index (χ0n) is 16.5. The van der Waals surface area contributed by atoms with Crippen LogP contribution in [-0.4, -0.2) is 29.7 Å². The lowest BCUT2D eigenvalue weighted by Crippen LogP contribution is -2.48. The third-order valence-electron chi connectivity index (χ3n) is 6.10. The van der Waals surface area contributed by atoms with Crippen molar-refractivity contribution in [3.8, 4) is 0 Å². The summed E-state index contributed by atoms with van der Waals surface area (Å²) in [5.74, 6) is -2.35. The maximum Gasteiger partial charge on any atom is 0.355 e. The molecule has 8 nitrogen and oxygen atoms in total. The van der Waals surface area contributed by atoms with Gasteiger partial charge >= 0.3 is 11.9 Å². The molecule has 2 aromatic rings. The van der Waals surface area contributed by atoms with Gasteiger partial charge in [0.15, 0.2) is 0 Å². The standard InChI is InChI=1S/C22H21NO7/c1-2-21(30-19(25)14-6-4-3-5-7-14)16-12-17-22(28-10-11-29-22)8-9-23(17)18(24)15(16)13-27-20(21)26/h3-7,12H,2,8-11,13H2,1H3/t21-/m0/s1. The molecule has 3 aliphatic heterocycles. The number of hydrogen-bond acceptors (Lipinski definition) is 7. The Kier molecular flexibility index (Phi) is 4.30. The van der Waals surface area contributed by atoms with Crippen LogP contribution in [0.2, 0.25) is 0 Å². The maximum absolute atomic E-state index is 13.2. The molecule has 0 amide bonds. The second-order valence-corrected chi connectivity index (χ2v) is 7.59. The molecule has 0 radical (unpaired) electrons. The van der Waals surface area contributed by atoms with Crippen LogP contribution in [0.4, 0.5) is 0 Å². The van der Waals surface area contributed by atoms with Gasteiger partial charge < -0.3 is 23.5 Å². The lowest BCUT2D eigenvalue weighted by Gasteiger charge is -2.36. The minimum Gasteiger partial charge on any atom is -0.457 e. The minimum absolute atomic E-state index is 0.120. The van der Waals surface area contributed by atoms with Gasteiger partial charge in [-0.2, -0.15) is 0 Å². The van der Waals surface area contributed by atoms with Crippen molar-refractivity contribution in [2.45, 2.75) is 44.3 Å². The minimum atomic E-state index is -1.71. The third kappa shape index (κ3) is 2.57. The Balaban J connectivity index is 1.66. The van der Waals surface area contributed by atoms with E-state index in [9.17, 15) is 14.4 Å². The molecular weight excluding hydrogens is 390 g/mol. The average Bonchev–Trinajstić information content (AvgIpc) is 3.39. The summed E-state index contributed by atoms with van der Waals surface area (Å²) in [6.45, 7) is 2.85. The summed E-state index contributed by atoms with van der Waals surface area (Å²) in [6.07, 6.45) is 0.623. The van der Waals surface area contributed by atoms with Gasteiger partial charge in [0.25, 0.3) is 5.56 Å². The summed E-state index contributed by atoms with van der Waals surface area (Å²) in [4.78, 5) is 39.0. The molecule has 4 heterocycles. The number of pyridine rings is 1. The molecule has 0 N–H and O–H groups in total. The van der Waals surface area contributed by atoms with Gasteiger partial charge in [-0.15, -0.1) is 0 Å². The zero-order chi connectivity index (χ0) is 20.9. The van der Waals surface area contributed by atoms with E-state index in [1.54, 1.807) is 47.9 Å². The molecule has 8 heteroatoms. The van der Waals surface area contributed by atoms with E-state index < -0.39 is 23.3 Å². The molecule has 1 fully saturated rings. The van der Waals surface area contributed by atoms with Crippen LogP contribution in [0.25, 0.3) is 0 Å². The molecular formula is C22H21NO7. The summed E-state index contributed by atoms with van der Waals surface area (Å²) in [6, 6.07) is 10.1. The lowest BCUT2D eigenvalue weighted by atomic mass is 9.85. The first-order valence-corrected chi connectivity index (χ1v) is 10.0. The lowest BCUT2D eigenvalue weighted by molar-refractivity contribution is -0.174. The third-order valence-corrected chi connectivity index (χ3v) is 6.10. The summed E-state index contributed by atoms with van der Waals surface area (Å²) in [5, 5.41) is 0. The van der Waals surface area contributed by atoms with E-state index in [1.807, 2.05) is 0 Å². The first-order chi connectivity index (χ1) is 14.5. The fraction of sp³-hybridized carbons (Fsp3) is 0.409. The molecule has 0 saturated carbocycles. The number of aromatic nitrogens is 1. The van der Waals surface area contributed by atoms with E-state index in [1.165, 1.54) is 0 Å². The summed E-state index contributed by atoms with van der Waals surface area (Å²) in [5.41, 5.74) is -0.468.